The number of rotatable bonds is 6. The second-order valence-corrected chi connectivity index (χ2v) is 11.0. The summed E-state index contributed by atoms with van der Waals surface area (Å²) < 4.78 is 46.8. The number of nitrogens with one attached hydrogen (secondary N) is 2. The molecule has 36 heavy (non-hydrogen) atoms. The fraction of sp³-hybridized carbons (Fsp3) is 0.692. The Morgan fingerprint density at radius 2 is 1.97 bits per heavy atom. The number of aromatic nitrogens is 3. The van der Waals surface area contributed by atoms with Crippen molar-refractivity contribution in [3.8, 4) is 11.4 Å². The normalized spacial score (nSPS) is 26.9. The molecule has 2 aliphatic heterocycles. The number of ether oxygens (including phenoxy) is 1. The summed E-state index contributed by atoms with van der Waals surface area (Å²) in [5.74, 6) is 0.574. The number of hydrogen-bond donors (Lipinski definition) is 3. The Morgan fingerprint density at radius 1 is 1.19 bits per heavy atom. The van der Waals surface area contributed by atoms with E-state index in [1.54, 1.807) is 0 Å². The van der Waals surface area contributed by atoms with Gasteiger partial charge in [-0.1, -0.05) is 13.8 Å². The molecule has 1 saturated carbocycles. The van der Waals surface area contributed by atoms with Gasteiger partial charge in [0.25, 0.3) is 0 Å². The van der Waals surface area contributed by atoms with Crippen molar-refractivity contribution >= 4 is 0 Å². The lowest BCUT2D eigenvalue weighted by molar-refractivity contribution is -0.137. The van der Waals surface area contributed by atoms with Crippen molar-refractivity contribution in [3.05, 3.63) is 35.2 Å². The van der Waals surface area contributed by atoms with Crippen LogP contribution in [0, 0.1) is 11.3 Å². The fourth-order valence-corrected chi connectivity index (χ4v) is 6.51. The Hall–Kier alpha value is -2.01. The largest absolute Gasteiger partial charge is 0.416 e. The van der Waals surface area contributed by atoms with E-state index in [4.69, 9.17) is 4.74 Å². The quantitative estimate of drug-likeness (QED) is 0.545. The van der Waals surface area contributed by atoms with Crippen LogP contribution in [0.5, 0.6) is 0 Å². The van der Waals surface area contributed by atoms with E-state index >= 15 is 0 Å². The zero-order valence-electron chi connectivity index (χ0n) is 20.9. The molecule has 198 valence electrons. The van der Waals surface area contributed by atoms with Crippen molar-refractivity contribution in [1.29, 1.82) is 0 Å². The summed E-state index contributed by atoms with van der Waals surface area (Å²) in [5.41, 5.74) is 0.855. The average molecular weight is 508 g/mol. The average Bonchev–Trinajstić information content (AvgIpc) is 3.54. The van der Waals surface area contributed by atoms with E-state index in [1.165, 1.54) is 12.4 Å². The summed E-state index contributed by atoms with van der Waals surface area (Å²) in [7, 11) is 0. The lowest BCUT2D eigenvalue weighted by Gasteiger charge is -2.46. The van der Waals surface area contributed by atoms with Gasteiger partial charge in [-0.25, -0.2) is 4.98 Å². The molecule has 10 heteroatoms. The van der Waals surface area contributed by atoms with Crippen LogP contribution in [0.2, 0.25) is 0 Å². The number of halogens is 3. The molecule has 3 atom stereocenters. The fourth-order valence-electron chi connectivity index (χ4n) is 6.51. The van der Waals surface area contributed by atoms with Gasteiger partial charge in [0.05, 0.1) is 5.56 Å². The standard InChI is InChI=1S/C26H36F3N5O2/c1-16(2)25(7-3-20(13-25)32-19-5-9-36-10-6-19)24(35)34-8-4-21-17(14-34)11-18(26(27,28)29)12-22(21)23-30-15-31-33-23/h11-12,15-16,19-20,24,32,35H,3-10,13-14H2,1-2H3,(H,30,31,33)/t20-,24?,25+/m1/s1. The van der Waals surface area contributed by atoms with Gasteiger partial charge >= 0.3 is 6.18 Å². The molecule has 3 N–H and O–H groups in total. The molecule has 0 bridgehead atoms. The van der Waals surface area contributed by atoms with Crippen LogP contribution >= 0.6 is 0 Å². The van der Waals surface area contributed by atoms with E-state index in [9.17, 15) is 18.3 Å². The number of fused-ring (bicyclic) bond motifs is 1. The Labute approximate surface area is 209 Å². The number of alkyl halides is 3. The van der Waals surface area contributed by atoms with Crippen LogP contribution in [0.15, 0.2) is 18.5 Å². The molecule has 0 radical (unpaired) electrons. The smallest absolute Gasteiger partial charge is 0.381 e. The van der Waals surface area contributed by atoms with Crippen LogP contribution in [0.1, 0.15) is 62.6 Å². The summed E-state index contributed by atoms with van der Waals surface area (Å²) in [6.07, 6.45) is 1.40. The first-order chi connectivity index (χ1) is 17.2. The summed E-state index contributed by atoms with van der Waals surface area (Å²) in [4.78, 5) is 6.09. The molecule has 1 aromatic heterocycles. The molecule has 2 aromatic rings. The second-order valence-electron chi connectivity index (χ2n) is 11.0. The van der Waals surface area contributed by atoms with Gasteiger partial charge in [-0.15, -0.1) is 0 Å². The molecule has 1 aliphatic carbocycles. The maximum atomic E-state index is 13.8. The minimum absolute atomic E-state index is 0.238. The lowest BCUT2D eigenvalue weighted by Crippen LogP contribution is -2.52. The van der Waals surface area contributed by atoms with Gasteiger partial charge in [0.1, 0.15) is 12.6 Å². The third-order valence-corrected chi connectivity index (χ3v) is 8.65. The molecule has 0 amide bonds. The molecular weight excluding hydrogens is 471 g/mol. The first-order valence-corrected chi connectivity index (χ1v) is 13.0. The topological polar surface area (TPSA) is 86.3 Å². The summed E-state index contributed by atoms with van der Waals surface area (Å²) in [6.45, 7) is 6.72. The van der Waals surface area contributed by atoms with Gasteiger partial charge in [-0.05, 0) is 67.7 Å². The number of H-pyrrole nitrogens is 1. The van der Waals surface area contributed by atoms with Gasteiger partial charge < -0.3 is 15.2 Å². The number of aliphatic hydroxyl groups excluding tert-OH is 1. The third-order valence-electron chi connectivity index (χ3n) is 8.65. The van der Waals surface area contributed by atoms with Gasteiger partial charge in [-0.3, -0.25) is 10.00 Å². The van der Waals surface area contributed by atoms with Crippen LogP contribution in [0.25, 0.3) is 11.4 Å². The molecule has 1 saturated heterocycles. The summed E-state index contributed by atoms with van der Waals surface area (Å²) >= 11 is 0. The van der Waals surface area contributed by atoms with Crippen molar-refractivity contribution in [2.75, 3.05) is 19.8 Å². The van der Waals surface area contributed by atoms with Crippen LogP contribution < -0.4 is 5.32 Å². The van der Waals surface area contributed by atoms with Crippen LogP contribution in [-0.2, 0) is 23.9 Å². The minimum Gasteiger partial charge on any atom is -0.381 e. The van der Waals surface area contributed by atoms with Crippen molar-refractivity contribution in [1.82, 2.24) is 25.4 Å². The molecule has 1 aromatic carbocycles. The van der Waals surface area contributed by atoms with E-state index in [1.807, 2.05) is 4.90 Å². The second kappa shape index (κ2) is 10.0. The zero-order chi connectivity index (χ0) is 25.5. The Bertz CT molecular complexity index is 1040. The molecular formula is C26H36F3N5O2. The number of aromatic amines is 1. The third kappa shape index (κ3) is 4.92. The molecule has 3 heterocycles. The van der Waals surface area contributed by atoms with E-state index in [2.05, 4.69) is 34.3 Å². The summed E-state index contributed by atoms with van der Waals surface area (Å²) in [5, 5.41) is 22.1. The zero-order valence-corrected chi connectivity index (χ0v) is 20.9. The Balaban J connectivity index is 1.38. The molecule has 7 nitrogen and oxygen atoms in total. The van der Waals surface area contributed by atoms with Crippen LogP contribution in [0.4, 0.5) is 13.2 Å². The highest BCUT2D eigenvalue weighted by Gasteiger charge is 2.49. The van der Waals surface area contributed by atoms with Crippen molar-refractivity contribution in [2.45, 2.75) is 83.4 Å². The maximum absolute atomic E-state index is 13.8. The predicted octanol–water partition coefficient (Wildman–Crippen LogP) is 4.13. The highest BCUT2D eigenvalue weighted by atomic mass is 19.4. The van der Waals surface area contributed by atoms with E-state index < -0.39 is 18.0 Å². The molecule has 1 unspecified atom stereocenters. The highest BCUT2D eigenvalue weighted by Crippen LogP contribution is 2.49. The predicted molar refractivity (Wildman–Crippen MR) is 129 cm³/mol. The first-order valence-electron chi connectivity index (χ1n) is 13.0. The molecule has 0 spiro atoms. The van der Waals surface area contributed by atoms with Crippen molar-refractivity contribution in [2.24, 2.45) is 11.3 Å². The van der Waals surface area contributed by atoms with Gasteiger partial charge in [0.2, 0.25) is 0 Å². The maximum Gasteiger partial charge on any atom is 0.416 e. The highest BCUT2D eigenvalue weighted by molar-refractivity contribution is 5.64. The molecule has 3 aliphatic rings. The Kier molecular flexibility index (Phi) is 7.15. The van der Waals surface area contributed by atoms with Crippen LogP contribution in [-0.4, -0.2) is 63.3 Å². The monoisotopic (exact) mass is 507 g/mol. The van der Waals surface area contributed by atoms with Gasteiger partial charge in [-0.2, -0.15) is 18.3 Å². The van der Waals surface area contributed by atoms with Gasteiger partial charge in [0, 0.05) is 49.4 Å². The summed E-state index contributed by atoms with van der Waals surface area (Å²) in [6, 6.07) is 3.17. The Morgan fingerprint density at radius 3 is 2.64 bits per heavy atom. The molecule has 5 rings (SSSR count). The number of aliphatic hydroxyl groups is 1. The number of nitrogens with zero attached hydrogens (tertiary/aromatic N) is 3. The number of hydrogen-bond acceptors (Lipinski definition) is 6. The number of benzene rings is 1. The SMILES string of the molecule is CC(C)[C@]1(C(O)N2CCc3c(cc(C(F)(F)F)cc3-c3ncn[nH]3)C2)CC[C@@H](NC2CCOCC2)C1. The van der Waals surface area contributed by atoms with E-state index in [0.29, 0.717) is 42.0 Å². The van der Waals surface area contributed by atoms with Gasteiger partial charge in [0.15, 0.2) is 5.82 Å². The van der Waals surface area contributed by atoms with Crippen molar-refractivity contribution < 1.29 is 23.0 Å². The van der Waals surface area contributed by atoms with Crippen LogP contribution in [0.3, 0.4) is 0 Å². The van der Waals surface area contributed by atoms with E-state index in [-0.39, 0.29) is 17.9 Å². The minimum atomic E-state index is -4.47. The lowest BCUT2D eigenvalue weighted by atomic mass is 9.73. The van der Waals surface area contributed by atoms with Crippen molar-refractivity contribution in [3.63, 3.8) is 0 Å². The first kappa shape index (κ1) is 25.6. The van der Waals surface area contributed by atoms with E-state index in [0.717, 1.165) is 56.9 Å². The molecule has 2 fully saturated rings.